The Morgan fingerprint density at radius 2 is 0.829 bits per heavy atom. The first-order valence-corrected chi connectivity index (χ1v) is 37.1. The van der Waals surface area contributed by atoms with Gasteiger partial charge in [0.1, 0.15) is 28.7 Å². The number of amides is 4. The lowest BCUT2D eigenvalue weighted by molar-refractivity contribution is -0.125. The second kappa shape index (κ2) is 32.5. The summed E-state index contributed by atoms with van der Waals surface area (Å²) >= 11 is 25.5. The van der Waals surface area contributed by atoms with Crippen molar-refractivity contribution in [3.63, 3.8) is 0 Å². The Hall–Kier alpha value is -9.47. The number of piperazine rings is 2. The van der Waals surface area contributed by atoms with Gasteiger partial charge in [-0.1, -0.05) is 95.5 Å². The highest BCUT2D eigenvalue weighted by Gasteiger charge is 2.45. The summed E-state index contributed by atoms with van der Waals surface area (Å²) in [4.78, 5) is 85.1. The fraction of sp³-hybridized carbons (Fsp3) is 0.329. The first kappa shape index (κ1) is 73.8. The third-order valence-electron chi connectivity index (χ3n) is 19.4. The van der Waals surface area contributed by atoms with Gasteiger partial charge in [-0.05, 0) is 220 Å². The number of aromatic nitrogens is 7. The monoisotopic (exact) mass is 1490 g/mol. The van der Waals surface area contributed by atoms with Crippen LogP contribution in [0.3, 0.4) is 0 Å². The standard InChI is InChI=1S/2C34H37ClN6O3.C14H11Cl2N/c2*1-34(2,3)44-33(43)40-16-17-41(31-28-12-11-26(35)19-25(28)10-9-24-7-5-13-37-30(24)31)29(21-40)32(42)38-27-8-4-6-23(18-27)20-39-15-14-36-22-39;15-11-5-6-12-10(8-11)4-3-9-2-1-7-17-14(9)13(12)16/h2*4-8,11-15,18-19,22,29,31H,9-10,16-17,20-21H2,1-3H3,(H,38,42);1-2,5-8,13H,3-4H2/t29?,31-;;/m1../s1. The van der Waals surface area contributed by atoms with Crippen LogP contribution in [0.2, 0.25) is 15.1 Å². The van der Waals surface area contributed by atoms with E-state index in [2.05, 4.69) is 65.7 Å². The summed E-state index contributed by atoms with van der Waals surface area (Å²) in [7, 11) is 0. The normalized spacial score (nSPS) is 18.5. The fourth-order valence-electron chi connectivity index (χ4n) is 14.6. The Morgan fingerprint density at radius 3 is 1.23 bits per heavy atom. The maximum atomic E-state index is 14.3. The number of ether oxygens (including phenoxy) is 2. The summed E-state index contributed by atoms with van der Waals surface area (Å²) in [6.45, 7) is 14.5. The van der Waals surface area contributed by atoms with Crippen LogP contribution in [0.4, 0.5) is 21.0 Å². The van der Waals surface area contributed by atoms with Gasteiger partial charge in [0.2, 0.25) is 11.8 Å². The lowest BCUT2D eigenvalue weighted by atomic mass is 9.94. The number of carbonyl (C=O) groups excluding carboxylic acids is 4. The SMILES string of the molecule is CC(C)(C)OC(=O)N1CCN(C2c3ccc(Cl)cc3CCc3cccnc32)C(C(=O)Nc2cccc(Cn3ccnc3)c2)C1.CC(C)(C)OC(=O)N1CCN([C@@H]2c3ccc(Cl)cc3CCc3cccnc32)C(C(=O)Nc2cccc(Cn3ccnc3)c2)C1.Clc1ccc2c(c1)CCc1cccnc1C2Cl. The zero-order valence-corrected chi connectivity index (χ0v) is 62.7. The van der Waals surface area contributed by atoms with Crippen molar-refractivity contribution >= 4 is 81.8 Å². The molecule has 2 N–H and O–H groups in total. The van der Waals surface area contributed by atoms with Crippen LogP contribution in [-0.4, -0.2) is 140 Å². The van der Waals surface area contributed by atoms with Gasteiger partial charge >= 0.3 is 12.2 Å². The summed E-state index contributed by atoms with van der Waals surface area (Å²) in [5, 5.41) is 8.28. The molecule has 10 aromatic rings. The molecule has 23 heteroatoms. The van der Waals surface area contributed by atoms with E-state index in [4.69, 9.17) is 65.8 Å². The number of nitrogens with zero attached hydrogens (tertiary/aromatic N) is 11. The molecule has 2 saturated heterocycles. The second-order valence-corrected chi connectivity index (χ2v) is 30.8. The topological polar surface area (TPSA) is 198 Å². The molecular weight excluding hydrogens is 1400 g/mol. The fourth-order valence-corrected chi connectivity index (χ4v) is 15.6. The number of nitrogens with one attached hydrogen (secondary N) is 2. The number of hydrogen-bond acceptors (Lipinski definition) is 13. The summed E-state index contributed by atoms with van der Waals surface area (Å²) < 4.78 is 15.4. The third kappa shape index (κ3) is 18.1. The second-order valence-electron chi connectivity index (χ2n) is 29.0. The molecular formula is C82H85Cl4N13O6. The van der Waals surface area contributed by atoms with Gasteiger partial charge in [-0.2, -0.15) is 0 Å². The number of benzene rings is 5. The van der Waals surface area contributed by atoms with Gasteiger partial charge in [-0.3, -0.25) is 34.3 Å². The minimum absolute atomic E-state index is 0.166. The van der Waals surface area contributed by atoms with Crippen LogP contribution in [-0.2, 0) is 70.7 Å². The quantitative estimate of drug-likeness (QED) is 0.123. The number of alkyl halides is 1. The lowest BCUT2D eigenvalue weighted by Gasteiger charge is -2.44. The number of imidazole rings is 2. The van der Waals surface area contributed by atoms with Crippen molar-refractivity contribution in [2.24, 2.45) is 0 Å². The van der Waals surface area contributed by atoms with Crippen LogP contribution < -0.4 is 10.6 Å². The van der Waals surface area contributed by atoms with Gasteiger partial charge in [0.25, 0.3) is 0 Å². The van der Waals surface area contributed by atoms with E-state index in [0.29, 0.717) is 60.7 Å². The average molecular weight is 1490 g/mol. The van der Waals surface area contributed by atoms with E-state index < -0.39 is 35.5 Å². The molecule has 0 radical (unpaired) electrons. The number of fused-ring (bicyclic) bond motifs is 6. The van der Waals surface area contributed by atoms with Crippen molar-refractivity contribution in [3.05, 3.63) is 289 Å². The molecule has 4 unspecified atom stereocenters. The molecule has 15 rings (SSSR count). The van der Waals surface area contributed by atoms with Crippen molar-refractivity contribution in [2.75, 3.05) is 49.9 Å². The van der Waals surface area contributed by atoms with Gasteiger partial charge in [-0.15, -0.1) is 11.6 Å². The predicted octanol–water partition coefficient (Wildman–Crippen LogP) is 15.6. The Labute approximate surface area is 632 Å². The summed E-state index contributed by atoms with van der Waals surface area (Å²) in [5.74, 6) is -0.398. The average Bonchev–Trinajstić information content (AvgIpc) is 1.76. The van der Waals surface area contributed by atoms with Gasteiger partial charge < -0.3 is 39.0 Å². The molecule has 4 amide bonds. The summed E-state index contributed by atoms with van der Waals surface area (Å²) in [5.41, 5.74) is 15.3. The van der Waals surface area contributed by atoms with Gasteiger partial charge in [-0.25, -0.2) is 19.6 Å². The van der Waals surface area contributed by atoms with E-state index in [1.807, 2.05) is 185 Å². The van der Waals surface area contributed by atoms with E-state index in [-0.39, 0.29) is 42.4 Å². The predicted molar refractivity (Wildman–Crippen MR) is 410 cm³/mol. The van der Waals surface area contributed by atoms with Crippen molar-refractivity contribution in [1.82, 2.24) is 53.7 Å². The molecule has 2 fully saturated rings. The van der Waals surface area contributed by atoms with Crippen LogP contribution in [0.5, 0.6) is 0 Å². The summed E-state index contributed by atoms with van der Waals surface area (Å²) in [6.07, 6.45) is 20.6. The van der Waals surface area contributed by atoms with Crippen LogP contribution in [0.25, 0.3) is 0 Å². The maximum Gasteiger partial charge on any atom is 0.410 e. The van der Waals surface area contributed by atoms with E-state index >= 15 is 0 Å². The molecule has 3 aliphatic carbocycles. The molecule has 105 heavy (non-hydrogen) atoms. The van der Waals surface area contributed by atoms with Gasteiger partial charge in [0.15, 0.2) is 0 Å². The van der Waals surface area contributed by atoms with Crippen molar-refractivity contribution in [1.29, 1.82) is 0 Å². The Kier molecular flexibility index (Phi) is 22.8. The van der Waals surface area contributed by atoms with E-state index in [1.165, 1.54) is 11.1 Å². The molecule has 0 bridgehead atoms. The molecule has 5 aromatic carbocycles. The van der Waals surface area contributed by atoms with Crippen LogP contribution in [0.1, 0.15) is 137 Å². The number of aryl methyl sites for hydroxylation is 6. The Morgan fingerprint density at radius 1 is 0.448 bits per heavy atom. The lowest BCUT2D eigenvalue weighted by Crippen LogP contribution is -2.60. The first-order valence-electron chi connectivity index (χ1n) is 35.5. The van der Waals surface area contributed by atoms with Crippen molar-refractivity contribution in [3.8, 4) is 0 Å². The molecule has 542 valence electrons. The number of pyridine rings is 3. The highest BCUT2D eigenvalue weighted by atomic mass is 35.5. The number of rotatable bonds is 10. The van der Waals surface area contributed by atoms with E-state index in [0.717, 1.165) is 111 Å². The molecule has 5 aromatic heterocycles. The van der Waals surface area contributed by atoms with Crippen LogP contribution in [0, 0.1) is 0 Å². The number of carbonyl (C=O) groups is 4. The van der Waals surface area contributed by atoms with Gasteiger partial charge in [0.05, 0.1) is 41.8 Å². The highest BCUT2D eigenvalue weighted by molar-refractivity contribution is 6.31. The number of halogens is 4. The maximum absolute atomic E-state index is 14.3. The molecule has 2 aliphatic heterocycles. The summed E-state index contributed by atoms with van der Waals surface area (Å²) in [6, 6.07) is 43.8. The molecule has 19 nitrogen and oxygen atoms in total. The van der Waals surface area contributed by atoms with Gasteiger partial charge in [0, 0.05) is 122 Å². The van der Waals surface area contributed by atoms with E-state index in [9.17, 15) is 19.2 Å². The van der Waals surface area contributed by atoms with Crippen molar-refractivity contribution in [2.45, 2.75) is 134 Å². The zero-order valence-electron chi connectivity index (χ0n) is 59.6. The molecule has 0 spiro atoms. The molecule has 5 aliphatic rings. The number of hydrogen-bond donors (Lipinski definition) is 2. The van der Waals surface area contributed by atoms with E-state index in [1.54, 1.807) is 41.0 Å². The molecule has 7 heterocycles. The zero-order chi connectivity index (χ0) is 73.5. The smallest absolute Gasteiger partial charge is 0.410 e. The van der Waals surface area contributed by atoms with Crippen molar-refractivity contribution < 1.29 is 28.7 Å². The minimum atomic E-state index is -0.671. The highest BCUT2D eigenvalue weighted by Crippen LogP contribution is 2.42. The third-order valence-corrected chi connectivity index (χ3v) is 20.5. The van der Waals surface area contributed by atoms with Crippen LogP contribution >= 0.6 is 46.4 Å². The Balaban J connectivity index is 0.000000152. The first-order chi connectivity index (χ1) is 50.5. The minimum Gasteiger partial charge on any atom is -0.444 e. The molecule has 0 saturated carbocycles. The molecule has 5 atom stereocenters. The largest absolute Gasteiger partial charge is 0.444 e. The van der Waals surface area contributed by atoms with Crippen LogP contribution in [0.15, 0.2) is 196 Å². The number of anilines is 2. The Bertz CT molecular complexity index is 4510.